The predicted molar refractivity (Wildman–Crippen MR) is 141 cm³/mol. The number of rotatable bonds is 9. The number of carbonyl (C=O) groups excluding carboxylic acids is 2. The van der Waals surface area contributed by atoms with Gasteiger partial charge in [0, 0.05) is 16.3 Å². The Bertz CT molecular complexity index is 1390. The standard InChI is InChI=1S/C27H21ClFN3O3S/c28-21-9-10-25(24(14-21)27(34)32-30-15-18-4-2-7-22(29)13-18)31-26(33)20-6-1-5-19(12-20)16-36-17-23-8-3-11-35-23/h1-15H,16-17H2,(H,31,33)(H,32,34)/b30-15+. The van der Waals surface area contributed by atoms with Crippen LogP contribution in [0.1, 0.15) is 37.6 Å². The smallest absolute Gasteiger partial charge is 0.273 e. The van der Waals surface area contributed by atoms with Gasteiger partial charge in [0.15, 0.2) is 0 Å². The number of hydrazone groups is 1. The Kier molecular flexibility index (Phi) is 8.54. The first kappa shape index (κ1) is 25.2. The molecule has 4 aromatic rings. The van der Waals surface area contributed by atoms with Gasteiger partial charge in [-0.2, -0.15) is 5.10 Å². The van der Waals surface area contributed by atoms with Gasteiger partial charge in [-0.1, -0.05) is 35.9 Å². The predicted octanol–water partition coefficient (Wildman–Crippen LogP) is 6.52. The molecule has 0 saturated carbocycles. The first-order valence-electron chi connectivity index (χ1n) is 10.9. The maximum atomic E-state index is 13.3. The third kappa shape index (κ3) is 7.07. The molecule has 0 aliphatic carbocycles. The summed E-state index contributed by atoms with van der Waals surface area (Å²) in [6.45, 7) is 0. The van der Waals surface area contributed by atoms with Crippen LogP contribution in [0.2, 0.25) is 5.02 Å². The Morgan fingerprint density at radius 3 is 2.64 bits per heavy atom. The lowest BCUT2D eigenvalue weighted by Gasteiger charge is -2.11. The number of hydrogen-bond donors (Lipinski definition) is 2. The number of amides is 2. The lowest BCUT2D eigenvalue weighted by molar-refractivity contribution is 0.0956. The molecule has 1 heterocycles. The lowest BCUT2D eigenvalue weighted by Crippen LogP contribution is -2.21. The minimum atomic E-state index is -0.580. The summed E-state index contributed by atoms with van der Waals surface area (Å²) in [7, 11) is 0. The maximum Gasteiger partial charge on any atom is 0.273 e. The first-order valence-corrected chi connectivity index (χ1v) is 12.4. The number of carbonyl (C=O) groups is 2. The highest BCUT2D eigenvalue weighted by Gasteiger charge is 2.15. The fraction of sp³-hybridized carbons (Fsp3) is 0.0741. The van der Waals surface area contributed by atoms with Crippen molar-refractivity contribution in [2.24, 2.45) is 5.10 Å². The van der Waals surface area contributed by atoms with Gasteiger partial charge in [0.2, 0.25) is 0 Å². The largest absolute Gasteiger partial charge is 0.468 e. The molecule has 4 rings (SSSR count). The number of halogens is 2. The monoisotopic (exact) mass is 521 g/mol. The van der Waals surface area contributed by atoms with E-state index in [9.17, 15) is 14.0 Å². The van der Waals surface area contributed by atoms with E-state index in [1.807, 2.05) is 30.3 Å². The number of benzene rings is 3. The van der Waals surface area contributed by atoms with Crippen molar-refractivity contribution in [2.45, 2.75) is 11.5 Å². The van der Waals surface area contributed by atoms with E-state index in [0.29, 0.717) is 21.9 Å². The van der Waals surface area contributed by atoms with Crippen molar-refractivity contribution in [1.29, 1.82) is 0 Å². The van der Waals surface area contributed by atoms with E-state index >= 15 is 0 Å². The lowest BCUT2D eigenvalue weighted by atomic mass is 10.1. The molecule has 0 bridgehead atoms. The molecule has 3 aromatic carbocycles. The summed E-state index contributed by atoms with van der Waals surface area (Å²) in [5.41, 5.74) is 4.72. The zero-order chi connectivity index (χ0) is 25.3. The zero-order valence-electron chi connectivity index (χ0n) is 18.9. The SMILES string of the molecule is O=C(Nc1ccc(Cl)cc1C(=O)N/N=C/c1cccc(F)c1)c1cccc(CSCc2ccco2)c1. The van der Waals surface area contributed by atoms with Gasteiger partial charge in [0.1, 0.15) is 11.6 Å². The third-order valence-electron chi connectivity index (χ3n) is 4.99. The molecule has 9 heteroatoms. The van der Waals surface area contributed by atoms with Gasteiger partial charge in [0.25, 0.3) is 11.8 Å². The quantitative estimate of drug-likeness (QED) is 0.194. The second-order valence-electron chi connectivity index (χ2n) is 7.67. The van der Waals surface area contributed by atoms with Crippen molar-refractivity contribution in [3.05, 3.63) is 124 Å². The van der Waals surface area contributed by atoms with Gasteiger partial charge in [0.05, 0.1) is 29.5 Å². The minimum Gasteiger partial charge on any atom is -0.468 e. The molecular weight excluding hydrogens is 501 g/mol. The number of thioether (sulfide) groups is 1. The van der Waals surface area contributed by atoms with Crippen molar-refractivity contribution >= 4 is 47.1 Å². The normalized spacial score (nSPS) is 10.9. The zero-order valence-corrected chi connectivity index (χ0v) is 20.5. The van der Waals surface area contributed by atoms with Crippen molar-refractivity contribution in [1.82, 2.24) is 5.43 Å². The molecule has 6 nitrogen and oxygen atoms in total. The fourth-order valence-electron chi connectivity index (χ4n) is 3.29. The molecule has 1 aromatic heterocycles. The summed E-state index contributed by atoms with van der Waals surface area (Å²) in [5, 5.41) is 6.97. The Morgan fingerprint density at radius 1 is 0.972 bits per heavy atom. The van der Waals surface area contributed by atoms with Crippen LogP contribution in [0.15, 0.2) is 94.6 Å². The first-order chi connectivity index (χ1) is 17.5. The minimum absolute atomic E-state index is 0.136. The fourth-order valence-corrected chi connectivity index (χ4v) is 4.34. The molecule has 0 saturated heterocycles. The molecule has 0 atom stereocenters. The van der Waals surface area contributed by atoms with E-state index in [2.05, 4.69) is 15.8 Å². The van der Waals surface area contributed by atoms with Crippen LogP contribution in [-0.2, 0) is 11.5 Å². The molecular formula is C27H21ClFN3O3S. The van der Waals surface area contributed by atoms with Gasteiger partial charge >= 0.3 is 0 Å². The maximum absolute atomic E-state index is 13.3. The van der Waals surface area contributed by atoms with Crippen molar-refractivity contribution in [3.8, 4) is 0 Å². The molecule has 36 heavy (non-hydrogen) atoms. The van der Waals surface area contributed by atoms with Crippen molar-refractivity contribution in [2.75, 3.05) is 5.32 Å². The van der Waals surface area contributed by atoms with Crippen LogP contribution >= 0.6 is 23.4 Å². The summed E-state index contributed by atoms with van der Waals surface area (Å²) in [4.78, 5) is 25.7. The summed E-state index contributed by atoms with van der Waals surface area (Å²) < 4.78 is 18.7. The molecule has 0 aliphatic heterocycles. The van der Waals surface area contributed by atoms with Crippen LogP contribution < -0.4 is 10.7 Å². The van der Waals surface area contributed by atoms with E-state index in [-0.39, 0.29) is 17.2 Å². The molecule has 2 amide bonds. The number of nitrogens with one attached hydrogen (secondary N) is 2. The second-order valence-corrected chi connectivity index (χ2v) is 9.09. The summed E-state index contributed by atoms with van der Waals surface area (Å²) in [6, 6.07) is 21.4. The van der Waals surface area contributed by atoms with Crippen LogP contribution in [0.25, 0.3) is 0 Å². The van der Waals surface area contributed by atoms with E-state index in [1.54, 1.807) is 42.3 Å². The van der Waals surface area contributed by atoms with Gasteiger partial charge in [-0.3, -0.25) is 9.59 Å². The molecule has 2 N–H and O–H groups in total. The van der Waals surface area contributed by atoms with Crippen molar-refractivity contribution < 1.29 is 18.4 Å². The van der Waals surface area contributed by atoms with Gasteiger partial charge < -0.3 is 9.73 Å². The van der Waals surface area contributed by atoms with Gasteiger partial charge in [-0.05, 0) is 65.7 Å². The molecule has 0 radical (unpaired) electrons. The Balaban J connectivity index is 1.42. The Labute approximate surface area is 216 Å². The van der Waals surface area contributed by atoms with Crippen molar-refractivity contribution in [3.63, 3.8) is 0 Å². The molecule has 182 valence electrons. The highest BCUT2D eigenvalue weighted by atomic mass is 35.5. The molecule has 0 unspecified atom stereocenters. The van der Waals surface area contributed by atoms with Crippen LogP contribution in [0.4, 0.5) is 10.1 Å². The number of hydrogen-bond acceptors (Lipinski definition) is 5. The third-order valence-corrected chi connectivity index (χ3v) is 6.25. The summed E-state index contributed by atoms with van der Waals surface area (Å²) in [6.07, 6.45) is 2.96. The summed E-state index contributed by atoms with van der Waals surface area (Å²) >= 11 is 7.76. The number of anilines is 1. The summed E-state index contributed by atoms with van der Waals surface area (Å²) in [5.74, 6) is 0.970. The van der Waals surface area contributed by atoms with Gasteiger partial charge in [-0.15, -0.1) is 11.8 Å². The molecule has 0 spiro atoms. The highest BCUT2D eigenvalue weighted by molar-refractivity contribution is 7.97. The average molecular weight is 522 g/mol. The topological polar surface area (TPSA) is 83.7 Å². The van der Waals surface area contributed by atoms with Crippen LogP contribution in [0, 0.1) is 5.82 Å². The van der Waals surface area contributed by atoms with Crippen LogP contribution in [-0.4, -0.2) is 18.0 Å². The Hall–Kier alpha value is -3.88. The second kappa shape index (κ2) is 12.2. The van der Waals surface area contributed by atoms with E-state index in [1.165, 1.54) is 30.5 Å². The number of furan rings is 1. The Morgan fingerprint density at radius 2 is 1.83 bits per heavy atom. The van der Waals surface area contributed by atoms with E-state index < -0.39 is 11.7 Å². The van der Waals surface area contributed by atoms with E-state index in [4.69, 9.17) is 16.0 Å². The highest BCUT2D eigenvalue weighted by Crippen LogP contribution is 2.23. The van der Waals surface area contributed by atoms with Gasteiger partial charge in [-0.25, -0.2) is 9.82 Å². The molecule has 0 fully saturated rings. The number of nitrogens with zero attached hydrogens (tertiary/aromatic N) is 1. The molecule has 0 aliphatic rings. The average Bonchev–Trinajstić information content (AvgIpc) is 3.39. The van der Waals surface area contributed by atoms with Crippen LogP contribution in [0.5, 0.6) is 0 Å². The van der Waals surface area contributed by atoms with E-state index in [0.717, 1.165) is 17.1 Å². The van der Waals surface area contributed by atoms with Crippen LogP contribution in [0.3, 0.4) is 0 Å².